The van der Waals surface area contributed by atoms with Crippen LogP contribution in [0.4, 0.5) is 4.79 Å². The molecule has 72 valence electrons. The van der Waals surface area contributed by atoms with Crippen LogP contribution in [-0.2, 0) is 0 Å². The summed E-state index contributed by atoms with van der Waals surface area (Å²) in [6.07, 6.45) is 6.87. The van der Waals surface area contributed by atoms with Gasteiger partial charge in [-0.25, -0.2) is 4.79 Å². The zero-order valence-electron chi connectivity index (χ0n) is 8.29. The molecule has 0 fully saturated rings. The molecule has 0 spiro atoms. The number of hydrogen-bond donors (Lipinski definition) is 0. The average molecular weight is 180 g/mol. The summed E-state index contributed by atoms with van der Waals surface area (Å²) in [4.78, 5) is 14.8. The van der Waals surface area contributed by atoms with E-state index in [0.29, 0.717) is 0 Å². The third-order valence-corrected chi connectivity index (χ3v) is 2.10. The first-order chi connectivity index (χ1) is 6.16. The average Bonchev–Trinajstić information content (AvgIpc) is 2.58. The van der Waals surface area contributed by atoms with Gasteiger partial charge < -0.3 is 4.90 Å². The molecule has 3 nitrogen and oxygen atoms in total. The molecular formula is C10H16N2O. The molecule has 1 aliphatic carbocycles. The maximum Gasteiger partial charge on any atom is 0.327 e. The van der Waals surface area contributed by atoms with Gasteiger partial charge in [-0.2, -0.15) is 0 Å². The van der Waals surface area contributed by atoms with E-state index in [0.717, 1.165) is 25.0 Å². The van der Waals surface area contributed by atoms with E-state index in [-0.39, 0.29) is 6.03 Å². The van der Waals surface area contributed by atoms with Crippen LogP contribution in [0.25, 0.3) is 0 Å². The lowest BCUT2D eigenvalue weighted by Gasteiger charge is -2.23. The zero-order valence-corrected chi connectivity index (χ0v) is 8.29. The molecule has 0 unspecified atom stereocenters. The number of urea groups is 1. The van der Waals surface area contributed by atoms with Gasteiger partial charge in [0.15, 0.2) is 0 Å². The highest BCUT2D eigenvalue weighted by Gasteiger charge is 2.18. The number of carbonyl (C=O) groups is 1. The predicted molar refractivity (Wildman–Crippen MR) is 53.1 cm³/mol. The van der Waals surface area contributed by atoms with Crippen molar-refractivity contribution in [1.29, 1.82) is 0 Å². The minimum Gasteiger partial charge on any atom is -0.330 e. The van der Waals surface area contributed by atoms with E-state index in [4.69, 9.17) is 0 Å². The van der Waals surface area contributed by atoms with E-state index in [1.165, 1.54) is 0 Å². The second-order valence-corrected chi connectivity index (χ2v) is 3.32. The number of amides is 2. The van der Waals surface area contributed by atoms with Crippen molar-refractivity contribution in [3.63, 3.8) is 0 Å². The number of nitrogens with zero attached hydrogens (tertiary/aromatic N) is 2. The molecule has 0 aromatic rings. The summed E-state index contributed by atoms with van der Waals surface area (Å²) in [5, 5.41) is 0. The van der Waals surface area contributed by atoms with Gasteiger partial charge in [0, 0.05) is 26.0 Å². The summed E-state index contributed by atoms with van der Waals surface area (Å²) in [5.41, 5.74) is 1.08. The predicted octanol–water partition coefficient (Wildman–Crippen LogP) is 2.18. The maximum atomic E-state index is 11.6. The van der Waals surface area contributed by atoms with E-state index in [1.807, 2.05) is 0 Å². The highest BCUT2D eigenvalue weighted by Crippen LogP contribution is 2.22. The zero-order chi connectivity index (χ0) is 9.84. The molecule has 13 heavy (non-hydrogen) atoms. The minimum atomic E-state index is -0.0249. The fourth-order valence-corrected chi connectivity index (χ4v) is 1.41. The number of rotatable bonds is 2. The number of carbonyl (C=O) groups excluding carboxylic acids is 1. The van der Waals surface area contributed by atoms with Crippen molar-refractivity contribution in [2.45, 2.75) is 19.3 Å². The number of allylic oxidation sites excluding steroid dienone is 2. The maximum absolute atomic E-state index is 11.6. The lowest BCUT2D eigenvalue weighted by Crippen LogP contribution is -2.34. The summed E-state index contributed by atoms with van der Waals surface area (Å²) in [6.45, 7) is 3.65. The minimum absolute atomic E-state index is 0.0249. The summed E-state index contributed by atoms with van der Waals surface area (Å²) >= 11 is 0. The van der Waals surface area contributed by atoms with Crippen molar-refractivity contribution in [2.24, 2.45) is 0 Å². The van der Waals surface area contributed by atoms with E-state index in [1.54, 1.807) is 30.1 Å². The molecule has 0 saturated heterocycles. The molecule has 1 rings (SSSR count). The first-order valence-corrected chi connectivity index (χ1v) is 4.49. The molecule has 3 heteroatoms. The van der Waals surface area contributed by atoms with Crippen LogP contribution in [0.3, 0.4) is 0 Å². The summed E-state index contributed by atoms with van der Waals surface area (Å²) in [5.74, 6) is 0. The molecule has 2 amide bonds. The quantitative estimate of drug-likeness (QED) is 0.639. The van der Waals surface area contributed by atoms with Gasteiger partial charge in [0.2, 0.25) is 0 Å². The van der Waals surface area contributed by atoms with E-state index >= 15 is 0 Å². The van der Waals surface area contributed by atoms with Gasteiger partial charge >= 0.3 is 6.03 Å². The highest BCUT2D eigenvalue weighted by molar-refractivity contribution is 5.77. The Morgan fingerprint density at radius 1 is 1.62 bits per heavy atom. The molecule has 0 bridgehead atoms. The molecule has 0 radical (unpaired) electrons. The van der Waals surface area contributed by atoms with Crippen LogP contribution in [0.15, 0.2) is 24.6 Å². The van der Waals surface area contributed by atoms with Crippen LogP contribution in [0, 0.1) is 0 Å². The Morgan fingerprint density at radius 3 is 2.69 bits per heavy atom. The second-order valence-electron chi connectivity index (χ2n) is 3.32. The standard InChI is InChI=1S/C10H16N2O/c1-4-12(10(13)11(2)3)9-7-5-6-8-9/h4,7H,1,5-6,8H2,2-3H3. The third-order valence-electron chi connectivity index (χ3n) is 2.10. The van der Waals surface area contributed by atoms with Crippen LogP contribution in [-0.4, -0.2) is 29.9 Å². The Morgan fingerprint density at radius 2 is 2.31 bits per heavy atom. The monoisotopic (exact) mass is 180 g/mol. The molecule has 0 heterocycles. The van der Waals surface area contributed by atoms with Crippen LogP contribution in [0.2, 0.25) is 0 Å². The normalized spacial score (nSPS) is 15.1. The van der Waals surface area contributed by atoms with E-state index in [2.05, 4.69) is 12.7 Å². The Bertz CT molecular complexity index is 243. The number of hydrogen-bond acceptors (Lipinski definition) is 1. The largest absolute Gasteiger partial charge is 0.330 e. The van der Waals surface area contributed by atoms with Crippen LogP contribution in [0.5, 0.6) is 0 Å². The van der Waals surface area contributed by atoms with Crippen molar-refractivity contribution in [1.82, 2.24) is 9.80 Å². The second kappa shape index (κ2) is 4.12. The van der Waals surface area contributed by atoms with Crippen LogP contribution < -0.4 is 0 Å². The fraction of sp³-hybridized carbons (Fsp3) is 0.500. The highest BCUT2D eigenvalue weighted by atomic mass is 16.2. The van der Waals surface area contributed by atoms with Crippen LogP contribution in [0.1, 0.15) is 19.3 Å². The lowest BCUT2D eigenvalue weighted by atomic mass is 10.3. The van der Waals surface area contributed by atoms with Crippen molar-refractivity contribution in [2.75, 3.05) is 14.1 Å². The molecule has 1 aliphatic rings. The molecular weight excluding hydrogens is 164 g/mol. The summed E-state index contributed by atoms with van der Waals surface area (Å²) < 4.78 is 0. The van der Waals surface area contributed by atoms with Crippen molar-refractivity contribution in [3.8, 4) is 0 Å². The molecule has 0 N–H and O–H groups in total. The summed E-state index contributed by atoms with van der Waals surface area (Å²) in [7, 11) is 3.49. The first-order valence-electron chi connectivity index (χ1n) is 4.49. The Hall–Kier alpha value is -1.25. The van der Waals surface area contributed by atoms with Gasteiger partial charge in [-0.05, 0) is 19.3 Å². The van der Waals surface area contributed by atoms with Gasteiger partial charge in [-0.1, -0.05) is 12.7 Å². The van der Waals surface area contributed by atoms with Gasteiger partial charge in [0.25, 0.3) is 0 Å². The van der Waals surface area contributed by atoms with E-state index in [9.17, 15) is 4.79 Å². The van der Waals surface area contributed by atoms with Crippen molar-refractivity contribution >= 4 is 6.03 Å². The lowest BCUT2D eigenvalue weighted by molar-refractivity contribution is 0.197. The summed E-state index contributed by atoms with van der Waals surface area (Å²) in [6, 6.07) is -0.0249. The van der Waals surface area contributed by atoms with Crippen molar-refractivity contribution < 1.29 is 4.79 Å². The Kier molecular flexibility index (Phi) is 3.12. The molecule has 0 aromatic heterocycles. The fourth-order valence-electron chi connectivity index (χ4n) is 1.41. The SMILES string of the molecule is C=CN(C(=O)N(C)C)C1=CCCC1. The molecule has 0 saturated carbocycles. The van der Waals surface area contributed by atoms with E-state index < -0.39 is 0 Å². The Balaban J connectivity index is 2.72. The van der Waals surface area contributed by atoms with Gasteiger partial charge in [-0.15, -0.1) is 0 Å². The molecule has 0 aliphatic heterocycles. The Labute approximate surface area is 79.3 Å². The van der Waals surface area contributed by atoms with Gasteiger partial charge in [0.1, 0.15) is 0 Å². The van der Waals surface area contributed by atoms with Crippen LogP contribution >= 0.6 is 0 Å². The van der Waals surface area contributed by atoms with Crippen molar-refractivity contribution in [3.05, 3.63) is 24.6 Å². The van der Waals surface area contributed by atoms with Gasteiger partial charge in [-0.3, -0.25) is 4.90 Å². The molecule has 0 atom stereocenters. The van der Waals surface area contributed by atoms with Gasteiger partial charge in [0.05, 0.1) is 0 Å². The topological polar surface area (TPSA) is 23.6 Å². The smallest absolute Gasteiger partial charge is 0.327 e. The third kappa shape index (κ3) is 2.11. The molecule has 0 aromatic carbocycles. The first kappa shape index (κ1) is 9.84.